The van der Waals surface area contributed by atoms with E-state index in [1.54, 1.807) is 104 Å². The number of esters is 5. The van der Waals surface area contributed by atoms with Crippen molar-refractivity contribution in [1.82, 2.24) is 14.7 Å². The van der Waals surface area contributed by atoms with E-state index in [-0.39, 0.29) is 39.3 Å². The molecule has 0 aromatic rings. The molecule has 0 amide bonds. The molecule has 0 aliphatic carbocycles. The predicted molar refractivity (Wildman–Crippen MR) is 185 cm³/mol. The van der Waals surface area contributed by atoms with Crippen LogP contribution in [0.25, 0.3) is 0 Å². The van der Waals surface area contributed by atoms with Crippen molar-refractivity contribution in [2.24, 2.45) is 5.41 Å². The van der Waals surface area contributed by atoms with Gasteiger partial charge >= 0.3 is 35.8 Å². The Hall–Kier alpha value is -3.30. The fraction of sp³-hybridized carbons (Fsp3) is 0.829. The average Bonchev–Trinajstić information content (AvgIpc) is 2.82. The van der Waals surface area contributed by atoms with Crippen molar-refractivity contribution in [3.05, 3.63) is 0 Å². The molecule has 290 valence electrons. The van der Waals surface area contributed by atoms with Gasteiger partial charge in [-0.1, -0.05) is 0 Å². The van der Waals surface area contributed by atoms with E-state index >= 15 is 0 Å². The molecule has 0 aromatic carbocycles. The molecular weight excluding hydrogens is 654 g/mol. The van der Waals surface area contributed by atoms with Gasteiger partial charge in [0, 0.05) is 19.6 Å². The Labute approximate surface area is 298 Å². The van der Waals surface area contributed by atoms with Crippen LogP contribution in [0.5, 0.6) is 0 Å². The summed E-state index contributed by atoms with van der Waals surface area (Å²) in [6, 6.07) is -1.48. The highest BCUT2D eigenvalue weighted by Crippen LogP contribution is 2.17. The highest BCUT2D eigenvalue weighted by atomic mass is 16.6. The van der Waals surface area contributed by atoms with E-state index in [0.717, 1.165) is 4.90 Å². The molecule has 0 fully saturated rings. The number of hydrogen-bond donors (Lipinski definition) is 1. The summed E-state index contributed by atoms with van der Waals surface area (Å²) in [6.07, 6.45) is 0. The minimum absolute atomic E-state index is 0.00129. The SMILES string of the molecule is CC(C)(C)OC(=O)CN(CCN(CC(=O)OC(C)(C)C)CC(C(=O)O)N(COC(=O)C(C)(C)C)CC(=O)OC(C)(C)C)CC(=O)OC(C)(C)C. The molecule has 1 unspecified atom stereocenters. The lowest BCUT2D eigenvalue weighted by Crippen LogP contribution is -2.54. The van der Waals surface area contributed by atoms with Gasteiger partial charge in [-0.3, -0.25) is 38.6 Å². The van der Waals surface area contributed by atoms with Crippen LogP contribution in [-0.4, -0.2) is 137 Å². The van der Waals surface area contributed by atoms with E-state index in [1.165, 1.54) is 9.80 Å². The molecule has 0 aliphatic rings. The standard InChI is InChI=1S/C35H63N3O12/c1-31(2,3)30(45)46-23-38(22-28(42)50-35(13,14)15)24(29(43)44)18-36(19-25(39)47-32(4,5)6)16-17-37(20-26(40)48-33(7,8)9)21-27(41)49-34(10,11)12/h24H,16-23H2,1-15H3,(H,43,44). The molecule has 1 atom stereocenters. The van der Waals surface area contributed by atoms with Crippen LogP contribution in [-0.2, 0) is 52.5 Å². The Morgan fingerprint density at radius 3 is 1.16 bits per heavy atom. The molecule has 0 saturated carbocycles. The Morgan fingerprint density at radius 1 is 0.520 bits per heavy atom. The van der Waals surface area contributed by atoms with Gasteiger partial charge < -0.3 is 28.8 Å². The van der Waals surface area contributed by atoms with Crippen LogP contribution in [0.4, 0.5) is 0 Å². The van der Waals surface area contributed by atoms with Crippen molar-refractivity contribution in [1.29, 1.82) is 0 Å². The van der Waals surface area contributed by atoms with Crippen LogP contribution in [0.3, 0.4) is 0 Å². The Balaban J connectivity index is 6.58. The molecule has 0 bridgehead atoms. The molecule has 0 spiro atoms. The smallest absolute Gasteiger partial charge is 0.322 e. The van der Waals surface area contributed by atoms with Crippen molar-refractivity contribution < 1.29 is 57.6 Å². The molecule has 0 rings (SSSR count). The van der Waals surface area contributed by atoms with E-state index in [9.17, 15) is 33.9 Å². The Kier molecular flexibility index (Phi) is 17.6. The summed E-state index contributed by atoms with van der Waals surface area (Å²) in [7, 11) is 0. The number of aliphatic carboxylic acids is 1. The third-order valence-electron chi connectivity index (χ3n) is 5.93. The number of carbonyl (C=O) groups excluding carboxylic acids is 5. The number of carboxylic acid groups (broad SMARTS) is 1. The first-order valence-electron chi connectivity index (χ1n) is 16.7. The van der Waals surface area contributed by atoms with Crippen LogP contribution >= 0.6 is 0 Å². The van der Waals surface area contributed by atoms with E-state index < -0.39 is 83.0 Å². The second kappa shape index (κ2) is 18.8. The van der Waals surface area contributed by atoms with Crippen molar-refractivity contribution in [3.63, 3.8) is 0 Å². The monoisotopic (exact) mass is 717 g/mol. The summed E-state index contributed by atoms with van der Waals surface area (Å²) in [5.74, 6) is -4.62. The Morgan fingerprint density at radius 2 is 0.840 bits per heavy atom. The van der Waals surface area contributed by atoms with E-state index in [4.69, 9.17) is 23.7 Å². The molecule has 15 heteroatoms. The first-order valence-corrected chi connectivity index (χ1v) is 16.7. The molecule has 0 radical (unpaired) electrons. The molecular formula is C35H63N3O12. The Bertz CT molecular complexity index is 1140. The fourth-order valence-corrected chi connectivity index (χ4v) is 4.14. The quantitative estimate of drug-likeness (QED) is 0.132. The first kappa shape index (κ1) is 46.7. The van der Waals surface area contributed by atoms with Gasteiger partial charge in [-0.2, -0.15) is 0 Å². The number of hydrogen-bond acceptors (Lipinski definition) is 14. The lowest BCUT2D eigenvalue weighted by molar-refractivity contribution is -0.170. The molecule has 15 nitrogen and oxygen atoms in total. The maximum Gasteiger partial charge on any atom is 0.322 e. The third-order valence-corrected chi connectivity index (χ3v) is 5.93. The minimum atomic E-state index is -1.48. The highest BCUT2D eigenvalue weighted by Gasteiger charge is 2.34. The average molecular weight is 718 g/mol. The summed E-state index contributed by atoms with van der Waals surface area (Å²) in [4.78, 5) is 81.0. The van der Waals surface area contributed by atoms with Crippen molar-refractivity contribution in [2.75, 3.05) is 52.5 Å². The summed E-state index contributed by atoms with van der Waals surface area (Å²) in [5.41, 5.74) is -4.22. The van der Waals surface area contributed by atoms with Gasteiger partial charge in [0.25, 0.3) is 0 Å². The number of rotatable bonds is 17. The fourth-order valence-electron chi connectivity index (χ4n) is 4.14. The molecule has 0 aromatic heterocycles. The van der Waals surface area contributed by atoms with Crippen LogP contribution in [0.15, 0.2) is 0 Å². The summed E-state index contributed by atoms with van der Waals surface area (Å²) in [6.45, 7) is 22.7. The second-order valence-electron chi connectivity index (χ2n) is 17.2. The zero-order valence-corrected chi connectivity index (χ0v) is 33.0. The molecule has 0 heterocycles. The van der Waals surface area contributed by atoms with E-state index in [1.807, 2.05) is 0 Å². The van der Waals surface area contributed by atoms with Gasteiger partial charge in [0.05, 0.1) is 25.0 Å². The highest BCUT2D eigenvalue weighted by molar-refractivity contribution is 5.78. The largest absolute Gasteiger partial charge is 0.480 e. The summed E-state index contributed by atoms with van der Waals surface area (Å²) in [5, 5.41) is 10.4. The van der Waals surface area contributed by atoms with Gasteiger partial charge in [-0.15, -0.1) is 0 Å². The van der Waals surface area contributed by atoms with Crippen molar-refractivity contribution in [3.8, 4) is 0 Å². The lowest BCUT2D eigenvalue weighted by atomic mass is 9.97. The van der Waals surface area contributed by atoms with Crippen LogP contribution in [0.1, 0.15) is 104 Å². The molecule has 50 heavy (non-hydrogen) atoms. The predicted octanol–water partition coefficient (Wildman–Crippen LogP) is 3.26. The number of nitrogens with zero attached hydrogens (tertiary/aromatic N) is 3. The van der Waals surface area contributed by atoms with Gasteiger partial charge in [0.1, 0.15) is 41.7 Å². The first-order chi connectivity index (χ1) is 22.3. The topological polar surface area (TPSA) is 179 Å². The zero-order chi connectivity index (χ0) is 39.5. The van der Waals surface area contributed by atoms with Crippen LogP contribution < -0.4 is 0 Å². The maximum absolute atomic E-state index is 13.0. The summed E-state index contributed by atoms with van der Waals surface area (Å²) < 4.78 is 27.3. The van der Waals surface area contributed by atoms with Gasteiger partial charge in [0.15, 0.2) is 0 Å². The number of ether oxygens (including phenoxy) is 5. The number of carbonyl (C=O) groups is 6. The van der Waals surface area contributed by atoms with Crippen LogP contribution in [0.2, 0.25) is 0 Å². The van der Waals surface area contributed by atoms with E-state index in [2.05, 4.69) is 0 Å². The molecule has 0 aliphatic heterocycles. The van der Waals surface area contributed by atoms with Gasteiger partial charge in [0.2, 0.25) is 0 Å². The lowest BCUT2D eigenvalue weighted by Gasteiger charge is -2.34. The van der Waals surface area contributed by atoms with Gasteiger partial charge in [-0.25, -0.2) is 4.90 Å². The second-order valence-corrected chi connectivity index (χ2v) is 17.2. The number of carboxylic acids is 1. The zero-order valence-electron chi connectivity index (χ0n) is 33.0. The normalized spacial score (nSPS) is 13.6. The van der Waals surface area contributed by atoms with Gasteiger partial charge in [-0.05, 0) is 104 Å². The summed E-state index contributed by atoms with van der Waals surface area (Å²) >= 11 is 0. The maximum atomic E-state index is 13.0. The minimum Gasteiger partial charge on any atom is -0.480 e. The molecule has 0 saturated heterocycles. The molecule has 1 N–H and O–H groups in total. The van der Waals surface area contributed by atoms with E-state index in [0.29, 0.717) is 0 Å². The third kappa shape index (κ3) is 23.2. The van der Waals surface area contributed by atoms with Crippen molar-refractivity contribution in [2.45, 2.75) is 132 Å². The van der Waals surface area contributed by atoms with Crippen molar-refractivity contribution >= 4 is 35.8 Å². The van der Waals surface area contributed by atoms with Crippen LogP contribution in [0, 0.1) is 5.41 Å².